The third kappa shape index (κ3) is 5.93. The molecule has 316 valence electrons. The molecule has 0 spiro atoms. The van der Waals surface area contributed by atoms with E-state index in [9.17, 15) is 0 Å². The lowest BCUT2D eigenvalue weighted by atomic mass is 9.76. The number of hydrogen-bond donors (Lipinski definition) is 0. The number of hydrogen-bond acceptors (Lipinski definition) is 0. The maximum absolute atomic E-state index is 2.72. The van der Waals surface area contributed by atoms with Crippen molar-refractivity contribution in [3.05, 3.63) is 199 Å². The van der Waals surface area contributed by atoms with E-state index in [0.29, 0.717) is 5.92 Å². The van der Waals surface area contributed by atoms with Crippen LogP contribution in [0.2, 0.25) is 0 Å². The number of nitrogens with zero attached hydrogens (tertiary/aromatic N) is 3. The third-order valence-electron chi connectivity index (χ3n) is 15.1. The highest BCUT2D eigenvalue weighted by Crippen LogP contribution is 2.48. The zero-order chi connectivity index (χ0) is 43.7. The van der Waals surface area contributed by atoms with Crippen LogP contribution in [0.15, 0.2) is 188 Å². The second-order valence-electron chi connectivity index (χ2n) is 18.9. The third-order valence-corrected chi connectivity index (χ3v) is 15.1. The highest BCUT2D eigenvalue weighted by molar-refractivity contribution is 6.11. The number of aromatic nitrogens is 3. The molecule has 8 aromatic carbocycles. The van der Waals surface area contributed by atoms with Gasteiger partial charge in [-0.05, 0) is 115 Å². The maximum atomic E-state index is 2.72. The summed E-state index contributed by atoms with van der Waals surface area (Å²) < 4.78 is 7.85. The van der Waals surface area contributed by atoms with Gasteiger partial charge in [-0.25, -0.2) is 0 Å². The molecule has 0 aliphatic carbocycles. The van der Waals surface area contributed by atoms with Crippen LogP contribution >= 0.6 is 0 Å². The van der Waals surface area contributed by atoms with Crippen molar-refractivity contribution in [3.8, 4) is 16.8 Å². The van der Waals surface area contributed by atoms with Crippen LogP contribution in [0.1, 0.15) is 71.9 Å². The van der Waals surface area contributed by atoms with Gasteiger partial charge in [0.15, 0.2) is 0 Å². The Bertz CT molecular complexity index is 3470. The summed E-state index contributed by atoms with van der Waals surface area (Å²) in [6, 6.07) is 70.6. The van der Waals surface area contributed by atoms with E-state index in [1.165, 1.54) is 93.4 Å². The van der Waals surface area contributed by atoms with Gasteiger partial charge in [0.2, 0.25) is 0 Å². The van der Waals surface area contributed by atoms with E-state index < -0.39 is 0 Å². The molecule has 3 nitrogen and oxygen atoms in total. The molecule has 11 aromatic rings. The van der Waals surface area contributed by atoms with E-state index in [1.54, 1.807) is 0 Å². The van der Waals surface area contributed by atoms with Crippen LogP contribution < -0.4 is 0 Å². The van der Waals surface area contributed by atoms with E-state index in [0.717, 1.165) is 19.3 Å². The van der Waals surface area contributed by atoms with Crippen LogP contribution in [0.25, 0.3) is 82.2 Å². The lowest BCUT2D eigenvalue weighted by molar-refractivity contribution is 0.257. The van der Waals surface area contributed by atoms with E-state index in [1.807, 2.05) is 0 Å². The van der Waals surface area contributed by atoms with Crippen LogP contribution in [0.4, 0.5) is 0 Å². The molecule has 3 unspecified atom stereocenters. The van der Waals surface area contributed by atoms with Crippen LogP contribution in [-0.4, -0.2) is 13.7 Å². The van der Waals surface area contributed by atoms with Gasteiger partial charge in [-0.3, -0.25) is 0 Å². The molecule has 0 aliphatic heterocycles. The standard InChI is InChI=1S/C61H57N3/c1-7-42(5)40-60(6,63-56-30-17-13-25-48(56)49-26-14-18-31-57(49)63)45-33-36-59-53(38-45)51-28-15-19-32-58(51)64(59)61(8-2,41(3)4)46-34-35-55-52(39-46)50-27-12-16-29-54(50)62(55)47-24-20-23-44(37-47)43-21-10-9-11-22-43/h9-39,41-42H,7-8,40H2,1-6H3. The molecule has 0 saturated carbocycles. The molecular formula is C61H57N3. The zero-order valence-corrected chi connectivity index (χ0v) is 38.0. The van der Waals surface area contributed by atoms with Crippen LogP contribution in [0.5, 0.6) is 0 Å². The molecule has 3 aromatic heterocycles. The van der Waals surface area contributed by atoms with E-state index in [4.69, 9.17) is 0 Å². The molecule has 11 rings (SSSR count). The first-order valence-electron chi connectivity index (χ1n) is 23.5. The largest absolute Gasteiger partial charge is 0.330 e. The lowest BCUT2D eigenvalue weighted by Crippen LogP contribution is -2.39. The SMILES string of the molecule is CCC(C)CC(C)(c1ccc2c(c1)c1ccccc1n2C(CC)(c1ccc2c(c1)c1ccccc1n2-c1cccc(-c2ccccc2)c1)C(C)C)n1c2ccccc2c2ccccc21. The molecule has 0 fully saturated rings. The number of fused-ring (bicyclic) bond motifs is 9. The summed E-state index contributed by atoms with van der Waals surface area (Å²) in [6.07, 6.45) is 3.10. The lowest BCUT2D eigenvalue weighted by Gasteiger charge is -2.41. The summed E-state index contributed by atoms with van der Waals surface area (Å²) in [7, 11) is 0. The highest BCUT2D eigenvalue weighted by atomic mass is 15.1. The summed E-state index contributed by atoms with van der Waals surface area (Å²) >= 11 is 0. The molecule has 3 heteroatoms. The Morgan fingerprint density at radius 2 is 0.891 bits per heavy atom. The van der Waals surface area contributed by atoms with Gasteiger partial charge < -0.3 is 13.7 Å². The van der Waals surface area contributed by atoms with Gasteiger partial charge >= 0.3 is 0 Å². The summed E-state index contributed by atoms with van der Waals surface area (Å²) in [5.41, 5.74) is 13.3. The average Bonchev–Trinajstić information content (AvgIpc) is 3.98. The second-order valence-corrected chi connectivity index (χ2v) is 18.9. The molecular weight excluding hydrogens is 775 g/mol. The molecule has 0 aliphatic rings. The van der Waals surface area contributed by atoms with Crippen LogP contribution in [0.3, 0.4) is 0 Å². The molecule has 3 heterocycles. The van der Waals surface area contributed by atoms with Gasteiger partial charge in [-0.2, -0.15) is 0 Å². The van der Waals surface area contributed by atoms with Gasteiger partial charge in [0, 0.05) is 60.1 Å². The molecule has 0 amide bonds. The van der Waals surface area contributed by atoms with E-state index in [-0.39, 0.29) is 17.0 Å². The Morgan fingerprint density at radius 1 is 0.422 bits per heavy atom. The monoisotopic (exact) mass is 831 g/mol. The smallest absolute Gasteiger partial charge is 0.0723 e. The quantitative estimate of drug-likeness (QED) is 0.123. The Hall–Kier alpha value is -6.84. The second kappa shape index (κ2) is 15.5. The minimum Gasteiger partial charge on any atom is -0.330 e. The minimum atomic E-state index is -0.333. The van der Waals surface area contributed by atoms with Crippen molar-refractivity contribution in [2.24, 2.45) is 11.8 Å². The van der Waals surface area contributed by atoms with Gasteiger partial charge in [0.25, 0.3) is 0 Å². The highest BCUT2D eigenvalue weighted by Gasteiger charge is 2.40. The fourth-order valence-corrected chi connectivity index (χ4v) is 11.8. The Labute approximate surface area is 377 Å². The van der Waals surface area contributed by atoms with E-state index in [2.05, 4.69) is 243 Å². The van der Waals surface area contributed by atoms with Crippen molar-refractivity contribution in [2.45, 2.75) is 71.9 Å². The van der Waals surface area contributed by atoms with Crippen molar-refractivity contribution < 1.29 is 0 Å². The van der Waals surface area contributed by atoms with Gasteiger partial charge in [0.05, 0.1) is 22.1 Å². The normalized spacial score (nSPS) is 14.6. The Morgan fingerprint density at radius 3 is 1.52 bits per heavy atom. The van der Waals surface area contributed by atoms with Crippen molar-refractivity contribution >= 4 is 65.4 Å². The van der Waals surface area contributed by atoms with Crippen molar-refractivity contribution in [1.29, 1.82) is 0 Å². The van der Waals surface area contributed by atoms with Crippen molar-refractivity contribution in [1.82, 2.24) is 13.7 Å². The van der Waals surface area contributed by atoms with Crippen LogP contribution in [0, 0.1) is 11.8 Å². The predicted octanol–water partition coefficient (Wildman–Crippen LogP) is 16.7. The summed E-state index contributed by atoms with van der Waals surface area (Å²) in [6.45, 7) is 14.5. The van der Waals surface area contributed by atoms with Gasteiger partial charge in [-0.1, -0.05) is 168 Å². The Balaban J connectivity index is 1.13. The average molecular weight is 832 g/mol. The molecule has 0 N–H and O–H groups in total. The van der Waals surface area contributed by atoms with Crippen LogP contribution in [-0.2, 0) is 11.1 Å². The fourth-order valence-electron chi connectivity index (χ4n) is 11.8. The van der Waals surface area contributed by atoms with Gasteiger partial charge in [0.1, 0.15) is 0 Å². The molecule has 3 atom stereocenters. The van der Waals surface area contributed by atoms with Crippen molar-refractivity contribution in [3.63, 3.8) is 0 Å². The first-order valence-corrected chi connectivity index (χ1v) is 23.5. The predicted molar refractivity (Wildman–Crippen MR) is 274 cm³/mol. The maximum Gasteiger partial charge on any atom is 0.0723 e. The van der Waals surface area contributed by atoms with E-state index >= 15 is 0 Å². The molecule has 0 radical (unpaired) electrons. The first-order chi connectivity index (χ1) is 31.3. The van der Waals surface area contributed by atoms with Gasteiger partial charge in [-0.15, -0.1) is 0 Å². The molecule has 0 bridgehead atoms. The fraction of sp³-hybridized carbons (Fsp3) is 0.213. The summed E-state index contributed by atoms with van der Waals surface area (Å²) in [4.78, 5) is 0. The summed E-state index contributed by atoms with van der Waals surface area (Å²) in [5.74, 6) is 0.821. The number of benzene rings is 8. The summed E-state index contributed by atoms with van der Waals surface area (Å²) in [5, 5.41) is 7.82. The van der Waals surface area contributed by atoms with Crippen molar-refractivity contribution in [2.75, 3.05) is 0 Å². The number of rotatable bonds is 11. The first kappa shape index (κ1) is 40.0. The molecule has 64 heavy (non-hydrogen) atoms. The minimum absolute atomic E-state index is 0.290. The Kier molecular flexibility index (Phi) is 9.65. The zero-order valence-electron chi connectivity index (χ0n) is 38.0. The molecule has 0 saturated heterocycles. The number of para-hydroxylation sites is 4. The topological polar surface area (TPSA) is 14.8 Å².